The van der Waals surface area contributed by atoms with E-state index < -0.39 is 0 Å². The molecule has 162 valence electrons. The van der Waals surface area contributed by atoms with E-state index in [4.69, 9.17) is 0 Å². The standard InChI is InChI=1S/C27H27N3O2/c31-25-20-24(27(32)30(25)23-14-8-3-9-15-23)28-16-18-29(19-17-28)26(21-10-4-1-5-11-21)22-12-6-2-7-13-22/h1-15,24,26H,16-20H2/p+2/t24-/m1/s1. The molecule has 2 N–H and O–H groups in total. The van der Waals surface area contributed by atoms with Gasteiger partial charge in [0.2, 0.25) is 5.91 Å². The largest absolute Gasteiger partial charge is 0.316 e. The molecule has 0 bridgehead atoms. The van der Waals surface area contributed by atoms with E-state index >= 15 is 0 Å². The van der Waals surface area contributed by atoms with E-state index in [1.54, 1.807) is 0 Å². The van der Waals surface area contributed by atoms with Crippen molar-refractivity contribution in [1.82, 2.24) is 0 Å². The number of benzene rings is 3. The van der Waals surface area contributed by atoms with Gasteiger partial charge in [-0.2, -0.15) is 0 Å². The van der Waals surface area contributed by atoms with Gasteiger partial charge in [0.15, 0.2) is 6.04 Å². The van der Waals surface area contributed by atoms with Crippen molar-refractivity contribution in [2.75, 3.05) is 31.1 Å². The number of amides is 2. The normalized spacial score (nSPS) is 23.7. The lowest BCUT2D eigenvalue weighted by Gasteiger charge is -2.36. The summed E-state index contributed by atoms with van der Waals surface area (Å²) in [7, 11) is 0. The van der Waals surface area contributed by atoms with E-state index in [1.807, 2.05) is 30.3 Å². The molecule has 3 aromatic rings. The number of rotatable bonds is 5. The Kier molecular flexibility index (Phi) is 5.84. The molecule has 32 heavy (non-hydrogen) atoms. The number of para-hydroxylation sites is 1. The maximum absolute atomic E-state index is 13.2. The minimum absolute atomic E-state index is 0.0534. The van der Waals surface area contributed by atoms with Gasteiger partial charge in [-0.05, 0) is 12.1 Å². The smallest absolute Gasteiger partial charge is 0.292 e. The van der Waals surface area contributed by atoms with Crippen molar-refractivity contribution in [2.45, 2.75) is 18.5 Å². The monoisotopic (exact) mass is 427 g/mol. The highest BCUT2D eigenvalue weighted by Gasteiger charge is 2.47. The molecule has 2 fully saturated rings. The van der Waals surface area contributed by atoms with Crippen LogP contribution in [0.25, 0.3) is 0 Å². The molecule has 2 heterocycles. The van der Waals surface area contributed by atoms with Gasteiger partial charge in [-0.3, -0.25) is 9.59 Å². The fraction of sp³-hybridized carbons (Fsp3) is 0.259. The van der Waals surface area contributed by atoms with Crippen molar-refractivity contribution in [3.05, 3.63) is 102 Å². The van der Waals surface area contributed by atoms with Gasteiger partial charge in [0.05, 0.1) is 12.1 Å². The summed E-state index contributed by atoms with van der Waals surface area (Å²) in [6.07, 6.45) is 0.305. The molecule has 2 aliphatic rings. The number of carbonyl (C=O) groups excluding carboxylic acids is 2. The van der Waals surface area contributed by atoms with Gasteiger partial charge in [0.25, 0.3) is 5.91 Å². The molecule has 2 aliphatic heterocycles. The second-order valence-electron chi connectivity index (χ2n) is 8.73. The van der Waals surface area contributed by atoms with Crippen molar-refractivity contribution in [3.8, 4) is 0 Å². The molecule has 5 nitrogen and oxygen atoms in total. The maximum Gasteiger partial charge on any atom is 0.292 e. The summed E-state index contributed by atoms with van der Waals surface area (Å²) in [5.74, 6) is -0.137. The summed E-state index contributed by atoms with van der Waals surface area (Å²) < 4.78 is 0. The molecule has 0 saturated carbocycles. The molecule has 5 heteroatoms. The van der Waals surface area contributed by atoms with Crippen LogP contribution < -0.4 is 14.7 Å². The average Bonchev–Trinajstić information content (AvgIpc) is 3.15. The Morgan fingerprint density at radius 3 is 1.72 bits per heavy atom. The average molecular weight is 428 g/mol. The summed E-state index contributed by atoms with van der Waals surface area (Å²) in [5.41, 5.74) is 3.32. The number of hydrogen-bond acceptors (Lipinski definition) is 2. The highest BCUT2D eigenvalue weighted by Crippen LogP contribution is 2.22. The first-order valence-corrected chi connectivity index (χ1v) is 11.4. The van der Waals surface area contributed by atoms with Crippen LogP contribution >= 0.6 is 0 Å². The first-order valence-electron chi connectivity index (χ1n) is 11.4. The van der Waals surface area contributed by atoms with Crippen molar-refractivity contribution in [1.29, 1.82) is 0 Å². The van der Waals surface area contributed by atoms with Gasteiger partial charge < -0.3 is 9.80 Å². The molecule has 0 radical (unpaired) electrons. The molecule has 0 unspecified atom stereocenters. The zero-order chi connectivity index (χ0) is 21.9. The minimum Gasteiger partial charge on any atom is -0.316 e. The molecule has 3 aromatic carbocycles. The number of nitrogens with zero attached hydrogens (tertiary/aromatic N) is 1. The molecular weight excluding hydrogens is 398 g/mol. The van der Waals surface area contributed by atoms with Crippen molar-refractivity contribution < 1.29 is 19.4 Å². The predicted molar refractivity (Wildman–Crippen MR) is 123 cm³/mol. The van der Waals surface area contributed by atoms with Gasteiger partial charge in [0, 0.05) is 11.1 Å². The third-order valence-corrected chi connectivity index (χ3v) is 6.86. The number of quaternary nitrogens is 2. The predicted octanol–water partition coefficient (Wildman–Crippen LogP) is 0.892. The summed E-state index contributed by atoms with van der Waals surface area (Å²) in [6.45, 7) is 3.70. The van der Waals surface area contributed by atoms with E-state index in [9.17, 15) is 9.59 Å². The van der Waals surface area contributed by atoms with Gasteiger partial charge in [0.1, 0.15) is 32.2 Å². The number of piperazine rings is 1. The van der Waals surface area contributed by atoms with Gasteiger partial charge in [-0.25, -0.2) is 4.90 Å². The Morgan fingerprint density at radius 1 is 0.688 bits per heavy atom. The number of nitrogens with one attached hydrogen (secondary N) is 2. The van der Waals surface area contributed by atoms with Gasteiger partial charge in [-0.1, -0.05) is 78.9 Å². The second-order valence-corrected chi connectivity index (χ2v) is 8.73. The summed E-state index contributed by atoms with van der Waals surface area (Å²) >= 11 is 0. The van der Waals surface area contributed by atoms with Crippen LogP contribution in [0, 0.1) is 0 Å². The summed E-state index contributed by atoms with van der Waals surface area (Å²) in [6, 6.07) is 30.7. The Morgan fingerprint density at radius 2 is 1.19 bits per heavy atom. The Bertz CT molecular complexity index is 1020. The van der Waals surface area contributed by atoms with Crippen molar-refractivity contribution in [2.24, 2.45) is 0 Å². The third-order valence-electron chi connectivity index (χ3n) is 6.86. The van der Waals surface area contributed by atoms with Gasteiger partial charge in [-0.15, -0.1) is 0 Å². The van der Waals surface area contributed by atoms with Crippen molar-refractivity contribution in [3.63, 3.8) is 0 Å². The molecule has 2 saturated heterocycles. The molecule has 5 rings (SSSR count). The number of carbonyl (C=O) groups is 2. The van der Waals surface area contributed by atoms with E-state index in [0.717, 1.165) is 26.2 Å². The van der Waals surface area contributed by atoms with Crippen LogP contribution in [0.4, 0.5) is 5.69 Å². The number of imide groups is 1. The first kappa shape index (κ1) is 20.6. The van der Waals surface area contributed by atoms with Gasteiger partial charge >= 0.3 is 0 Å². The Hall–Kier alpha value is -3.28. The van der Waals surface area contributed by atoms with Crippen molar-refractivity contribution >= 4 is 17.5 Å². The zero-order valence-corrected chi connectivity index (χ0v) is 18.1. The third kappa shape index (κ3) is 3.97. The maximum atomic E-state index is 13.2. The van der Waals surface area contributed by atoms with Crippen LogP contribution in [-0.4, -0.2) is 44.0 Å². The highest BCUT2D eigenvalue weighted by atomic mass is 16.2. The van der Waals surface area contributed by atoms with Crippen LogP contribution in [0.2, 0.25) is 0 Å². The lowest BCUT2D eigenvalue weighted by atomic mass is 9.96. The first-order chi connectivity index (χ1) is 15.7. The molecule has 1 atom stereocenters. The van der Waals surface area contributed by atoms with E-state index in [-0.39, 0.29) is 23.9 Å². The lowest BCUT2D eigenvalue weighted by molar-refractivity contribution is -1.03. The van der Waals surface area contributed by atoms with Crippen LogP contribution in [0.5, 0.6) is 0 Å². The zero-order valence-electron chi connectivity index (χ0n) is 18.1. The molecule has 0 spiro atoms. The highest BCUT2D eigenvalue weighted by molar-refractivity contribution is 6.21. The van der Waals surface area contributed by atoms with E-state index in [2.05, 4.69) is 60.7 Å². The van der Waals surface area contributed by atoms with Crippen LogP contribution in [0.15, 0.2) is 91.0 Å². The lowest BCUT2D eigenvalue weighted by Crippen LogP contribution is -3.30. The topological polar surface area (TPSA) is 46.3 Å². The van der Waals surface area contributed by atoms with Crippen LogP contribution in [0.1, 0.15) is 23.6 Å². The summed E-state index contributed by atoms with van der Waals surface area (Å²) in [4.78, 5) is 30.0. The van der Waals surface area contributed by atoms with Crippen LogP contribution in [0.3, 0.4) is 0 Å². The van der Waals surface area contributed by atoms with E-state index in [0.29, 0.717) is 12.1 Å². The molecule has 2 amide bonds. The second kappa shape index (κ2) is 9.07. The Balaban J connectivity index is 1.31. The fourth-order valence-corrected chi connectivity index (χ4v) is 5.28. The number of hydrogen-bond donors (Lipinski definition) is 2. The summed E-state index contributed by atoms with van der Waals surface area (Å²) in [5, 5.41) is 0. The minimum atomic E-state index is -0.267. The number of anilines is 1. The molecule has 0 aliphatic carbocycles. The quantitative estimate of drug-likeness (QED) is 0.595. The van der Waals surface area contributed by atoms with Crippen LogP contribution in [-0.2, 0) is 9.59 Å². The molecule has 0 aromatic heterocycles. The van der Waals surface area contributed by atoms with E-state index in [1.165, 1.54) is 25.8 Å². The SMILES string of the molecule is O=C1C[C@@H]([NH+]2CC[NH+](C(c3ccccc3)c3ccccc3)CC2)C(=O)N1c1ccccc1. The fourth-order valence-electron chi connectivity index (χ4n) is 5.28. The Labute approximate surface area is 188 Å². The molecular formula is C27H29N3O2+2.